The van der Waals surface area contributed by atoms with E-state index in [1.54, 1.807) is 59.7 Å². The second-order valence-corrected chi connectivity index (χ2v) is 8.95. The SMILES string of the molecule is CCc1cc(O)ccc1COP(=O)(OC(C)(C)C)OC(C)(C)C. The standard InChI is InChI=1S/C17H29O5P/c1-8-13-11-15(18)10-9-14(13)12-20-23(19,21-16(2,3)4)22-17(5,6)7/h9-11,18H,8,12H2,1-7H3. The van der Waals surface area contributed by atoms with E-state index in [2.05, 4.69) is 0 Å². The van der Waals surface area contributed by atoms with Gasteiger partial charge < -0.3 is 5.11 Å². The van der Waals surface area contributed by atoms with Gasteiger partial charge in [-0.1, -0.05) is 13.0 Å². The van der Waals surface area contributed by atoms with Crippen molar-refractivity contribution >= 4 is 7.82 Å². The zero-order valence-electron chi connectivity index (χ0n) is 15.2. The van der Waals surface area contributed by atoms with Crippen LogP contribution >= 0.6 is 7.82 Å². The van der Waals surface area contributed by atoms with Crippen LogP contribution in [0, 0.1) is 0 Å². The van der Waals surface area contributed by atoms with Crippen LogP contribution in [0.5, 0.6) is 5.75 Å². The second-order valence-electron chi connectivity index (χ2n) is 7.43. The molecule has 0 heterocycles. The molecule has 0 unspecified atom stereocenters. The van der Waals surface area contributed by atoms with Crippen molar-refractivity contribution in [2.24, 2.45) is 0 Å². The van der Waals surface area contributed by atoms with Gasteiger partial charge in [-0.15, -0.1) is 0 Å². The van der Waals surface area contributed by atoms with Crippen molar-refractivity contribution in [3.63, 3.8) is 0 Å². The fraction of sp³-hybridized carbons (Fsp3) is 0.647. The van der Waals surface area contributed by atoms with Gasteiger partial charge in [0, 0.05) is 0 Å². The van der Waals surface area contributed by atoms with Crippen LogP contribution in [0.15, 0.2) is 18.2 Å². The van der Waals surface area contributed by atoms with E-state index in [9.17, 15) is 9.67 Å². The highest BCUT2D eigenvalue weighted by atomic mass is 31.2. The quantitative estimate of drug-likeness (QED) is 0.718. The van der Waals surface area contributed by atoms with Crippen LogP contribution in [-0.4, -0.2) is 16.3 Å². The molecule has 23 heavy (non-hydrogen) atoms. The van der Waals surface area contributed by atoms with E-state index >= 15 is 0 Å². The molecular weight excluding hydrogens is 315 g/mol. The van der Waals surface area contributed by atoms with Crippen LogP contribution in [0.4, 0.5) is 0 Å². The molecule has 0 fully saturated rings. The van der Waals surface area contributed by atoms with Gasteiger partial charge in [-0.25, -0.2) is 4.57 Å². The van der Waals surface area contributed by atoms with Crippen molar-refractivity contribution < 1.29 is 23.2 Å². The van der Waals surface area contributed by atoms with E-state index in [0.717, 1.165) is 17.5 Å². The summed E-state index contributed by atoms with van der Waals surface area (Å²) in [7, 11) is -3.73. The van der Waals surface area contributed by atoms with Crippen molar-refractivity contribution in [2.75, 3.05) is 0 Å². The van der Waals surface area contributed by atoms with Gasteiger partial charge in [0.05, 0.1) is 17.8 Å². The van der Waals surface area contributed by atoms with E-state index in [4.69, 9.17) is 13.6 Å². The van der Waals surface area contributed by atoms with Crippen LogP contribution in [0.1, 0.15) is 59.6 Å². The minimum atomic E-state index is -3.73. The minimum Gasteiger partial charge on any atom is -0.508 e. The molecule has 0 aromatic heterocycles. The Morgan fingerprint density at radius 3 is 1.96 bits per heavy atom. The fourth-order valence-electron chi connectivity index (χ4n) is 1.97. The number of hydrogen-bond acceptors (Lipinski definition) is 5. The van der Waals surface area contributed by atoms with Crippen LogP contribution in [0.3, 0.4) is 0 Å². The van der Waals surface area contributed by atoms with Crippen molar-refractivity contribution in [3.8, 4) is 5.75 Å². The molecule has 0 aliphatic carbocycles. The molecule has 0 atom stereocenters. The summed E-state index contributed by atoms with van der Waals surface area (Å²) >= 11 is 0. The second kappa shape index (κ2) is 7.35. The lowest BCUT2D eigenvalue weighted by atomic mass is 10.1. The number of hydrogen-bond donors (Lipinski definition) is 1. The van der Waals surface area contributed by atoms with E-state index in [-0.39, 0.29) is 12.4 Å². The third-order valence-corrected chi connectivity index (χ3v) is 4.71. The Bertz CT molecular complexity index is 549. The number of phosphoric acid groups is 1. The van der Waals surface area contributed by atoms with Crippen LogP contribution in [-0.2, 0) is 31.2 Å². The lowest BCUT2D eigenvalue weighted by Gasteiger charge is -2.31. The van der Waals surface area contributed by atoms with Gasteiger partial charge in [0.15, 0.2) is 0 Å². The number of phosphoric ester groups is 1. The molecule has 1 N–H and O–H groups in total. The van der Waals surface area contributed by atoms with E-state index in [0.29, 0.717) is 0 Å². The van der Waals surface area contributed by atoms with Gasteiger partial charge in [-0.2, -0.15) is 0 Å². The number of benzene rings is 1. The molecule has 0 spiro atoms. The third kappa shape index (κ3) is 7.49. The Balaban J connectivity index is 2.96. The van der Waals surface area contributed by atoms with Gasteiger partial charge in [0.25, 0.3) is 0 Å². The first-order valence-electron chi connectivity index (χ1n) is 7.80. The Morgan fingerprint density at radius 1 is 1.00 bits per heavy atom. The zero-order chi connectivity index (χ0) is 17.9. The molecular formula is C17H29O5P. The summed E-state index contributed by atoms with van der Waals surface area (Å²) in [5.41, 5.74) is 0.454. The molecule has 1 aromatic carbocycles. The van der Waals surface area contributed by atoms with Crippen molar-refractivity contribution in [1.82, 2.24) is 0 Å². The molecule has 0 saturated heterocycles. The van der Waals surface area contributed by atoms with Gasteiger partial charge in [0.1, 0.15) is 5.75 Å². The Hall–Kier alpha value is -0.870. The summed E-state index contributed by atoms with van der Waals surface area (Å²) in [5.74, 6) is 0.200. The van der Waals surface area contributed by atoms with Gasteiger partial charge in [-0.3, -0.25) is 13.6 Å². The molecule has 0 bridgehead atoms. The lowest BCUT2D eigenvalue weighted by Crippen LogP contribution is -2.24. The van der Waals surface area contributed by atoms with Crippen LogP contribution in [0.2, 0.25) is 0 Å². The van der Waals surface area contributed by atoms with E-state index in [1.165, 1.54) is 0 Å². The average Bonchev–Trinajstić information content (AvgIpc) is 2.32. The van der Waals surface area contributed by atoms with Crippen LogP contribution in [0.25, 0.3) is 0 Å². The van der Waals surface area contributed by atoms with Crippen molar-refractivity contribution in [2.45, 2.75) is 72.7 Å². The number of aromatic hydroxyl groups is 1. The van der Waals surface area contributed by atoms with Gasteiger partial charge in [-0.05, 0) is 71.2 Å². The monoisotopic (exact) mass is 344 g/mol. The molecule has 1 rings (SSSR count). The van der Waals surface area contributed by atoms with E-state index in [1.807, 2.05) is 6.92 Å². The van der Waals surface area contributed by atoms with E-state index < -0.39 is 19.0 Å². The van der Waals surface area contributed by atoms with Crippen molar-refractivity contribution in [3.05, 3.63) is 29.3 Å². The largest absolute Gasteiger partial charge is 0.508 e. The first kappa shape index (κ1) is 20.2. The number of phenols is 1. The summed E-state index contributed by atoms with van der Waals surface area (Å²) in [4.78, 5) is 0. The maximum atomic E-state index is 13.0. The minimum absolute atomic E-state index is 0.0902. The molecule has 0 saturated carbocycles. The predicted octanol–water partition coefficient (Wildman–Crippen LogP) is 5.21. The normalized spacial score (nSPS) is 13.3. The lowest BCUT2D eigenvalue weighted by molar-refractivity contribution is 0.000802. The average molecular weight is 344 g/mol. The first-order chi connectivity index (χ1) is 10.3. The van der Waals surface area contributed by atoms with Crippen LogP contribution < -0.4 is 0 Å². The molecule has 5 nitrogen and oxygen atoms in total. The Kier molecular flexibility index (Phi) is 6.45. The summed E-state index contributed by atoms with van der Waals surface area (Å²) in [6.07, 6.45) is 0.734. The molecule has 0 radical (unpaired) electrons. The third-order valence-electron chi connectivity index (χ3n) is 2.72. The number of phenolic OH excluding ortho intramolecular Hbond substituents is 1. The molecule has 0 aliphatic heterocycles. The molecule has 1 aromatic rings. The smallest absolute Gasteiger partial charge is 0.476 e. The Morgan fingerprint density at radius 2 is 1.52 bits per heavy atom. The predicted molar refractivity (Wildman–Crippen MR) is 91.6 cm³/mol. The topological polar surface area (TPSA) is 65.0 Å². The number of rotatable bonds is 6. The summed E-state index contributed by atoms with van der Waals surface area (Å²) in [6, 6.07) is 5.02. The zero-order valence-corrected chi connectivity index (χ0v) is 16.1. The van der Waals surface area contributed by atoms with Gasteiger partial charge >= 0.3 is 7.82 Å². The fourth-order valence-corrected chi connectivity index (χ4v) is 3.75. The summed E-state index contributed by atoms with van der Waals surface area (Å²) < 4.78 is 29.7. The highest BCUT2D eigenvalue weighted by molar-refractivity contribution is 7.48. The maximum absolute atomic E-state index is 13.0. The first-order valence-corrected chi connectivity index (χ1v) is 9.26. The van der Waals surface area contributed by atoms with Crippen molar-refractivity contribution in [1.29, 1.82) is 0 Å². The molecule has 132 valence electrons. The highest BCUT2D eigenvalue weighted by Crippen LogP contribution is 2.56. The van der Waals surface area contributed by atoms with Gasteiger partial charge in [0.2, 0.25) is 0 Å². The Labute approximate surface area is 139 Å². The maximum Gasteiger partial charge on any atom is 0.476 e. The highest BCUT2D eigenvalue weighted by Gasteiger charge is 2.37. The molecule has 0 aliphatic rings. The molecule has 6 heteroatoms. The summed E-state index contributed by atoms with van der Waals surface area (Å²) in [6.45, 7) is 12.9. The molecule has 0 amide bonds. The number of aryl methyl sites for hydroxylation is 1. The summed E-state index contributed by atoms with van der Waals surface area (Å²) in [5, 5.41) is 9.56.